The van der Waals surface area contributed by atoms with E-state index in [1.165, 1.54) is 6.07 Å². The van der Waals surface area contributed by atoms with Crippen molar-refractivity contribution in [3.8, 4) is 17.1 Å². The average Bonchev–Trinajstić information content (AvgIpc) is 2.23. The van der Waals surface area contributed by atoms with Crippen molar-refractivity contribution in [1.82, 2.24) is 20.4 Å². The maximum absolute atomic E-state index is 9.56. The fourth-order valence-corrected chi connectivity index (χ4v) is 1.25. The zero-order chi connectivity index (χ0) is 10.8. The van der Waals surface area contributed by atoms with Gasteiger partial charge in [0.25, 0.3) is 0 Å². The van der Waals surface area contributed by atoms with Crippen molar-refractivity contribution in [2.24, 2.45) is 0 Å². The summed E-state index contributed by atoms with van der Waals surface area (Å²) in [4.78, 5) is 0. The molecule has 0 saturated heterocycles. The minimum absolute atomic E-state index is 0.0480. The Morgan fingerprint density at radius 3 is 2.47 bits per heavy atom. The predicted octanol–water partition coefficient (Wildman–Crippen LogP) is 1.60. The van der Waals surface area contributed by atoms with Gasteiger partial charge in [-0.15, -0.1) is 20.4 Å². The van der Waals surface area contributed by atoms with E-state index in [9.17, 15) is 5.11 Å². The van der Waals surface area contributed by atoms with Gasteiger partial charge in [0.15, 0.2) is 5.82 Å². The van der Waals surface area contributed by atoms with E-state index in [-0.39, 0.29) is 11.6 Å². The number of rotatable bonds is 1. The monoisotopic (exact) mass is 222 g/mol. The third-order valence-corrected chi connectivity index (χ3v) is 2.01. The van der Waals surface area contributed by atoms with Gasteiger partial charge in [-0.25, -0.2) is 0 Å². The van der Waals surface area contributed by atoms with Crippen LogP contribution in [0.25, 0.3) is 11.4 Å². The number of hydrogen-bond acceptors (Lipinski definition) is 5. The second kappa shape index (κ2) is 3.78. The number of aromatic hydroxyl groups is 1. The van der Waals surface area contributed by atoms with E-state index in [1.54, 1.807) is 19.1 Å². The van der Waals surface area contributed by atoms with Crippen molar-refractivity contribution in [1.29, 1.82) is 0 Å². The molecule has 0 aliphatic carbocycles. The molecular formula is C9H7ClN4O. The highest BCUT2D eigenvalue weighted by Gasteiger charge is 2.08. The van der Waals surface area contributed by atoms with Crippen LogP contribution < -0.4 is 0 Å². The second-order valence-electron chi connectivity index (χ2n) is 2.93. The molecule has 1 aromatic carbocycles. The third kappa shape index (κ3) is 2.02. The molecule has 0 amide bonds. The van der Waals surface area contributed by atoms with Gasteiger partial charge in [-0.1, -0.05) is 11.6 Å². The van der Waals surface area contributed by atoms with E-state index in [0.717, 1.165) is 0 Å². The molecule has 2 aromatic rings. The van der Waals surface area contributed by atoms with E-state index >= 15 is 0 Å². The smallest absolute Gasteiger partial charge is 0.207 e. The van der Waals surface area contributed by atoms with Gasteiger partial charge in [0.2, 0.25) is 5.82 Å². The number of benzene rings is 1. The Balaban J connectivity index is 2.53. The summed E-state index contributed by atoms with van der Waals surface area (Å²) in [5, 5.41) is 25.2. The van der Waals surface area contributed by atoms with Crippen molar-refractivity contribution >= 4 is 11.6 Å². The molecular weight excluding hydrogens is 216 g/mol. The lowest BCUT2D eigenvalue weighted by molar-refractivity contribution is 0.476. The van der Waals surface area contributed by atoms with Gasteiger partial charge in [0.1, 0.15) is 5.75 Å². The van der Waals surface area contributed by atoms with Crippen LogP contribution in [0.3, 0.4) is 0 Å². The average molecular weight is 223 g/mol. The van der Waals surface area contributed by atoms with Gasteiger partial charge >= 0.3 is 0 Å². The van der Waals surface area contributed by atoms with Gasteiger partial charge < -0.3 is 5.11 Å². The van der Waals surface area contributed by atoms with Crippen molar-refractivity contribution in [2.75, 3.05) is 0 Å². The molecule has 76 valence electrons. The number of aromatic nitrogens is 4. The highest BCUT2D eigenvalue weighted by Crippen LogP contribution is 2.28. The topological polar surface area (TPSA) is 71.8 Å². The lowest BCUT2D eigenvalue weighted by Crippen LogP contribution is -1.98. The van der Waals surface area contributed by atoms with Gasteiger partial charge in [-0.05, 0) is 25.1 Å². The SMILES string of the molecule is Cc1nnc(-c2cc(Cl)ccc2O)nn1. The molecule has 1 N–H and O–H groups in total. The Hall–Kier alpha value is -1.75. The number of hydrogen-bond donors (Lipinski definition) is 1. The van der Waals surface area contributed by atoms with Gasteiger partial charge in [0.05, 0.1) is 5.56 Å². The van der Waals surface area contributed by atoms with Gasteiger partial charge in [-0.3, -0.25) is 0 Å². The first-order valence-electron chi connectivity index (χ1n) is 4.20. The first-order valence-corrected chi connectivity index (χ1v) is 4.57. The standard InChI is InChI=1S/C9H7ClN4O/c1-5-11-13-9(14-12-5)7-4-6(10)2-3-8(7)15/h2-4,15H,1H3. The second-order valence-corrected chi connectivity index (χ2v) is 3.37. The highest BCUT2D eigenvalue weighted by atomic mass is 35.5. The summed E-state index contributed by atoms with van der Waals surface area (Å²) in [5.74, 6) is 0.771. The van der Waals surface area contributed by atoms with Crippen LogP contribution in [0.1, 0.15) is 5.82 Å². The molecule has 0 aliphatic rings. The Morgan fingerprint density at radius 2 is 1.80 bits per heavy atom. The maximum atomic E-state index is 9.56. The molecule has 1 aromatic heterocycles. The molecule has 0 aliphatic heterocycles. The molecule has 0 fully saturated rings. The van der Waals surface area contributed by atoms with E-state index in [2.05, 4.69) is 20.4 Å². The van der Waals surface area contributed by atoms with Crippen LogP contribution in [0, 0.1) is 6.92 Å². The summed E-state index contributed by atoms with van der Waals surface area (Å²) in [6, 6.07) is 4.61. The highest BCUT2D eigenvalue weighted by molar-refractivity contribution is 6.30. The summed E-state index contributed by atoms with van der Waals surface area (Å²) in [5.41, 5.74) is 0.419. The molecule has 0 saturated carbocycles. The Labute approximate surface area is 90.8 Å². The number of phenols is 1. The normalized spacial score (nSPS) is 10.3. The van der Waals surface area contributed by atoms with Gasteiger partial charge in [0, 0.05) is 5.02 Å². The zero-order valence-electron chi connectivity index (χ0n) is 7.85. The van der Waals surface area contributed by atoms with Crippen molar-refractivity contribution in [3.63, 3.8) is 0 Å². The molecule has 1 heterocycles. The van der Waals surface area contributed by atoms with Crippen LogP contribution in [0.15, 0.2) is 18.2 Å². The van der Waals surface area contributed by atoms with E-state index in [1.807, 2.05) is 0 Å². The molecule has 15 heavy (non-hydrogen) atoms. The molecule has 0 radical (unpaired) electrons. The summed E-state index contributed by atoms with van der Waals surface area (Å²) in [6.45, 7) is 1.68. The molecule has 2 rings (SSSR count). The Bertz CT molecular complexity index is 486. The van der Waals surface area contributed by atoms with E-state index in [4.69, 9.17) is 11.6 Å². The minimum Gasteiger partial charge on any atom is -0.507 e. The van der Waals surface area contributed by atoms with Crippen LogP contribution >= 0.6 is 11.6 Å². The molecule has 0 atom stereocenters. The summed E-state index contributed by atoms with van der Waals surface area (Å²) in [6.07, 6.45) is 0. The summed E-state index contributed by atoms with van der Waals surface area (Å²) >= 11 is 5.79. The molecule has 6 heteroatoms. The van der Waals surface area contributed by atoms with E-state index < -0.39 is 0 Å². The first-order chi connectivity index (χ1) is 7.16. The maximum Gasteiger partial charge on any atom is 0.207 e. The fourth-order valence-electron chi connectivity index (χ4n) is 1.07. The van der Waals surface area contributed by atoms with Crippen LogP contribution in [-0.4, -0.2) is 25.5 Å². The number of aryl methyl sites for hydroxylation is 1. The fraction of sp³-hybridized carbons (Fsp3) is 0.111. The summed E-state index contributed by atoms with van der Waals surface area (Å²) < 4.78 is 0. The first kappa shape index (κ1) is 9.79. The summed E-state index contributed by atoms with van der Waals surface area (Å²) in [7, 11) is 0. The third-order valence-electron chi connectivity index (χ3n) is 1.78. The lowest BCUT2D eigenvalue weighted by atomic mass is 10.2. The number of halogens is 1. The van der Waals surface area contributed by atoms with Crippen LogP contribution in [0.4, 0.5) is 0 Å². The molecule has 0 unspecified atom stereocenters. The number of nitrogens with zero attached hydrogens (tertiary/aromatic N) is 4. The molecule has 0 bridgehead atoms. The van der Waals surface area contributed by atoms with E-state index in [0.29, 0.717) is 16.4 Å². The van der Waals surface area contributed by atoms with Gasteiger partial charge in [-0.2, -0.15) is 0 Å². The Kier molecular flexibility index (Phi) is 2.47. The van der Waals surface area contributed by atoms with Crippen LogP contribution in [0.5, 0.6) is 5.75 Å². The predicted molar refractivity (Wildman–Crippen MR) is 54.5 cm³/mol. The zero-order valence-corrected chi connectivity index (χ0v) is 8.60. The van der Waals surface area contributed by atoms with Crippen molar-refractivity contribution in [3.05, 3.63) is 29.0 Å². The van der Waals surface area contributed by atoms with Crippen molar-refractivity contribution < 1.29 is 5.11 Å². The molecule has 0 spiro atoms. The quantitative estimate of drug-likeness (QED) is 0.794. The number of phenolic OH excluding ortho intramolecular Hbond substituents is 1. The molecule has 5 nitrogen and oxygen atoms in total. The van der Waals surface area contributed by atoms with Crippen LogP contribution in [0.2, 0.25) is 5.02 Å². The minimum atomic E-state index is 0.0480. The van der Waals surface area contributed by atoms with Crippen LogP contribution in [-0.2, 0) is 0 Å². The largest absolute Gasteiger partial charge is 0.507 e. The lowest BCUT2D eigenvalue weighted by Gasteiger charge is -2.01. The Morgan fingerprint density at radius 1 is 1.13 bits per heavy atom. The van der Waals surface area contributed by atoms with Crippen molar-refractivity contribution in [2.45, 2.75) is 6.92 Å².